The smallest absolute Gasteiger partial charge is 0.0677 e. The van der Waals surface area contributed by atoms with Crippen molar-refractivity contribution in [3.05, 3.63) is 30.1 Å². The summed E-state index contributed by atoms with van der Waals surface area (Å²) in [7, 11) is 0. The Morgan fingerprint density at radius 3 is 2.89 bits per heavy atom. The number of aromatic nitrogens is 1. The lowest BCUT2D eigenvalue weighted by Gasteiger charge is -2.43. The molecule has 0 saturated carbocycles. The Kier molecular flexibility index (Phi) is 4.91. The van der Waals surface area contributed by atoms with Crippen LogP contribution in [0.4, 0.5) is 0 Å². The number of nitrogens with two attached hydrogens (primary N) is 1. The maximum Gasteiger partial charge on any atom is 0.0677 e. The van der Waals surface area contributed by atoms with E-state index in [1.165, 1.54) is 0 Å². The van der Waals surface area contributed by atoms with Crippen LogP contribution in [0.15, 0.2) is 24.4 Å². The van der Waals surface area contributed by atoms with Crippen molar-refractivity contribution in [2.75, 3.05) is 13.2 Å². The minimum Gasteiger partial charge on any atom is -0.376 e. The normalized spacial score (nSPS) is 28.0. The Bertz CT molecular complexity index is 384. The van der Waals surface area contributed by atoms with Gasteiger partial charge in [-0.3, -0.25) is 9.88 Å². The summed E-state index contributed by atoms with van der Waals surface area (Å²) >= 11 is 0. The van der Waals surface area contributed by atoms with Gasteiger partial charge in [0.2, 0.25) is 0 Å². The number of hydrogen-bond donors (Lipinski definition) is 1. The van der Waals surface area contributed by atoms with Gasteiger partial charge in [0.1, 0.15) is 0 Å². The number of nitrogens with zero attached hydrogens (tertiary/aromatic N) is 2. The molecule has 1 aliphatic heterocycles. The molecule has 2 N–H and O–H groups in total. The van der Waals surface area contributed by atoms with Crippen LogP contribution in [0.2, 0.25) is 0 Å². The highest BCUT2D eigenvalue weighted by atomic mass is 16.5. The van der Waals surface area contributed by atoms with Gasteiger partial charge in [-0.05, 0) is 32.4 Å². The lowest BCUT2D eigenvalue weighted by molar-refractivity contribution is -0.0713. The third-order valence-electron chi connectivity index (χ3n) is 3.88. The zero-order valence-corrected chi connectivity index (χ0v) is 12.1. The molecule has 0 amide bonds. The standard InChI is InChI=1S/C15H25N3O/c1-4-13(16)15(14-7-5-6-8-17-14)18-9-12(3)19-10-11(18)2/h5-8,11-13,15H,4,9-10,16H2,1-3H3. The van der Waals surface area contributed by atoms with Gasteiger partial charge >= 0.3 is 0 Å². The number of ether oxygens (including phenoxy) is 1. The van der Waals surface area contributed by atoms with Gasteiger partial charge in [-0.25, -0.2) is 0 Å². The van der Waals surface area contributed by atoms with Crippen molar-refractivity contribution in [3.8, 4) is 0 Å². The molecule has 106 valence electrons. The van der Waals surface area contributed by atoms with Gasteiger partial charge in [-0.15, -0.1) is 0 Å². The van der Waals surface area contributed by atoms with E-state index in [4.69, 9.17) is 10.5 Å². The first-order valence-electron chi connectivity index (χ1n) is 7.17. The molecule has 2 heterocycles. The van der Waals surface area contributed by atoms with Crippen molar-refractivity contribution in [1.29, 1.82) is 0 Å². The third kappa shape index (κ3) is 3.32. The molecule has 0 radical (unpaired) electrons. The molecule has 4 nitrogen and oxygen atoms in total. The minimum absolute atomic E-state index is 0.0997. The molecule has 4 atom stereocenters. The zero-order valence-electron chi connectivity index (χ0n) is 12.1. The Hall–Kier alpha value is -0.970. The summed E-state index contributed by atoms with van der Waals surface area (Å²) in [6.07, 6.45) is 3.05. The van der Waals surface area contributed by atoms with E-state index in [2.05, 4.69) is 36.7 Å². The summed E-state index contributed by atoms with van der Waals surface area (Å²) < 4.78 is 5.72. The van der Waals surface area contributed by atoms with E-state index in [-0.39, 0.29) is 18.2 Å². The summed E-state index contributed by atoms with van der Waals surface area (Å²) in [6.45, 7) is 8.13. The van der Waals surface area contributed by atoms with Crippen LogP contribution in [0.1, 0.15) is 38.9 Å². The van der Waals surface area contributed by atoms with Gasteiger partial charge in [0, 0.05) is 24.8 Å². The molecule has 0 bridgehead atoms. The SMILES string of the molecule is CCC(N)C(c1ccccn1)N1CC(C)OCC1C. The number of hydrogen-bond acceptors (Lipinski definition) is 4. The van der Waals surface area contributed by atoms with Crippen LogP contribution in [0.5, 0.6) is 0 Å². The van der Waals surface area contributed by atoms with Gasteiger partial charge in [0.05, 0.1) is 24.4 Å². The molecule has 4 unspecified atom stereocenters. The molecule has 0 aliphatic carbocycles. The topological polar surface area (TPSA) is 51.4 Å². The first kappa shape index (κ1) is 14.4. The second kappa shape index (κ2) is 6.46. The Morgan fingerprint density at radius 2 is 2.26 bits per heavy atom. The molecule has 1 saturated heterocycles. The van der Waals surface area contributed by atoms with Crippen LogP contribution >= 0.6 is 0 Å². The molecule has 1 aliphatic rings. The van der Waals surface area contributed by atoms with Crippen molar-refractivity contribution in [2.45, 2.75) is 51.4 Å². The summed E-state index contributed by atoms with van der Waals surface area (Å²) in [5.41, 5.74) is 7.43. The number of rotatable bonds is 4. The van der Waals surface area contributed by atoms with Gasteiger partial charge in [-0.2, -0.15) is 0 Å². The molecule has 2 rings (SSSR count). The second-order valence-electron chi connectivity index (χ2n) is 5.46. The quantitative estimate of drug-likeness (QED) is 0.902. The van der Waals surface area contributed by atoms with Gasteiger partial charge in [0.25, 0.3) is 0 Å². The molecular weight excluding hydrogens is 238 g/mol. The molecule has 1 aromatic heterocycles. The van der Waals surface area contributed by atoms with Crippen molar-refractivity contribution in [3.63, 3.8) is 0 Å². The molecule has 0 spiro atoms. The van der Waals surface area contributed by atoms with E-state index in [1.54, 1.807) is 0 Å². The minimum atomic E-state index is 0.0997. The zero-order chi connectivity index (χ0) is 13.8. The maximum atomic E-state index is 6.37. The summed E-state index contributed by atoms with van der Waals surface area (Å²) in [6, 6.07) is 6.71. The lowest BCUT2D eigenvalue weighted by Crippen LogP contribution is -2.53. The molecular formula is C15H25N3O. The van der Waals surface area contributed by atoms with E-state index in [9.17, 15) is 0 Å². The van der Waals surface area contributed by atoms with Crippen molar-refractivity contribution in [1.82, 2.24) is 9.88 Å². The maximum absolute atomic E-state index is 6.37. The van der Waals surface area contributed by atoms with Gasteiger partial charge in [-0.1, -0.05) is 13.0 Å². The van der Waals surface area contributed by atoms with E-state index in [1.807, 2.05) is 18.3 Å². The van der Waals surface area contributed by atoms with E-state index >= 15 is 0 Å². The molecule has 4 heteroatoms. The molecule has 1 aromatic rings. The summed E-state index contributed by atoms with van der Waals surface area (Å²) in [5.74, 6) is 0. The highest BCUT2D eigenvalue weighted by Gasteiger charge is 2.34. The van der Waals surface area contributed by atoms with E-state index < -0.39 is 0 Å². The fourth-order valence-electron chi connectivity index (χ4n) is 2.73. The highest BCUT2D eigenvalue weighted by molar-refractivity contribution is 5.12. The first-order valence-corrected chi connectivity index (χ1v) is 7.17. The average Bonchev–Trinajstić information content (AvgIpc) is 2.44. The Balaban J connectivity index is 2.27. The Labute approximate surface area is 116 Å². The number of pyridine rings is 1. The van der Waals surface area contributed by atoms with E-state index in [0.29, 0.717) is 6.04 Å². The molecule has 0 aromatic carbocycles. The van der Waals surface area contributed by atoms with Crippen LogP contribution in [0.25, 0.3) is 0 Å². The fourth-order valence-corrected chi connectivity index (χ4v) is 2.73. The summed E-state index contributed by atoms with van der Waals surface area (Å²) in [5, 5.41) is 0. The first-order chi connectivity index (χ1) is 9.13. The third-order valence-corrected chi connectivity index (χ3v) is 3.88. The van der Waals surface area contributed by atoms with Gasteiger partial charge < -0.3 is 10.5 Å². The lowest BCUT2D eigenvalue weighted by atomic mass is 9.98. The van der Waals surface area contributed by atoms with Crippen LogP contribution in [-0.4, -0.2) is 41.2 Å². The highest BCUT2D eigenvalue weighted by Crippen LogP contribution is 2.28. The molecule has 19 heavy (non-hydrogen) atoms. The number of morpholine rings is 1. The largest absolute Gasteiger partial charge is 0.376 e. The van der Waals surface area contributed by atoms with Crippen molar-refractivity contribution in [2.24, 2.45) is 5.73 Å². The van der Waals surface area contributed by atoms with Crippen molar-refractivity contribution < 1.29 is 4.74 Å². The van der Waals surface area contributed by atoms with Crippen LogP contribution in [0, 0.1) is 0 Å². The Morgan fingerprint density at radius 1 is 1.47 bits per heavy atom. The van der Waals surface area contributed by atoms with Gasteiger partial charge in [0.15, 0.2) is 0 Å². The second-order valence-corrected chi connectivity index (χ2v) is 5.46. The average molecular weight is 263 g/mol. The monoisotopic (exact) mass is 263 g/mol. The molecule has 1 fully saturated rings. The fraction of sp³-hybridized carbons (Fsp3) is 0.667. The van der Waals surface area contributed by atoms with Crippen LogP contribution < -0.4 is 5.73 Å². The predicted molar refractivity (Wildman–Crippen MR) is 76.8 cm³/mol. The van der Waals surface area contributed by atoms with Crippen molar-refractivity contribution >= 4 is 0 Å². The predicted octanol–water partition coefficient (Wildman–Crippen LogP) is 1.97. The van der Waals surface area contributed by atoms with E-state index in [0.717, 1.165) is 25.3 Å². The summed E-state index contributed by atoms with van der Waals surface area (Å²) in [4.78, 5) is 6.97. The van der Waals surface area contributed by atoms with Crippen LogP contribution in [0.3, 0.4) is 0 Å². The van der Waals surface area contributed by atoms with Crippen LogP contribution in [-0.2, 0) is 4.74 Å².